The summed E-state index contributed by atoms with van der Waals surface area (Å²) in [6.45, 7) is 9.68. The van der Waals surface area contributed by atoms with Gasteiger partial charge in [-0.1, -0.05) is 26.0 Å². The molecule has 2 fully saturated rings. The normalized spacial score (nSPS) is 17.9. The summed E-state index contributed by atoms with van der Waals surface area (Å²) < 4.78 is 11.2. The van der Waals surface area contributed by atoms with Crippen molar-refractivity contribution >= 4 is 11.8 Å². The van der Waals surface area contributed by atoms with E-state index in [2.05, 4.69) is 18.8 Å². The maximum absolute atomic E-state index is 12.9. The molecule has 1 aromatic carbocycles. The minimum Gasteiger partial charge on any atom is -0.445 e. The molecule has 0 N–H and O–H groups in total. The lowest BCUT2D eigenvalue weighted by Crippen LogP contribution is -2.41. The Morgan fingerprint density at radius 2 is 1.58 bits per heavy atom. The van der Waals surface area contributed by atoms with Gasteiger partial charge in [0.15, 0.2) is 11.6 Å². The first kappa shape index (κ1) is 21.6. The molecule has 2 amide bonds. The number of ether oxygens (including phenoxy) is 1. The van der Waals surface area contributed by atoms with Crippen molar-refractivity contribution in [2.24, 2.45) is 0 Å². The summed E-state index contributed by atoms with van der Waals surface area (Å²) in [7, 11) is 0. The van der Waals surface area contributed by atoms with Crippen molar-refractivity contribution in [1.82, 2.24) is 14.8 Å². The van der Waals surface area contributed by atoms with Crippen LogP contribution in [0.2, 0.25) is 0 Å². The lowest BCUT2D eigenvalue weighted by molar-refractivity contribution is 0.0298. The van der Waals surface area contributed by atoms with Crippen LogP contribution in [0.25, 0.3) is 0 Å². The zero-order valence-corrected chi connectivity index (χ0v) is 18.6. The molecule has 31 heavy (non-hydrogen) atoms. The third kappa shape index (κ3) is 4.66. The van der Waals surface area contributed by atoms with Crippen LogP contribution in [0.1, 0.15) is 76.6 Å². The van der Waals surface area contributed by atoms with Crippen molar-refractivity contribution in [2.45, 2.75) is 45.4 Å². The van der Waals surface area contributed by atoms with Gasteiger partial charge in [-0.25, -0.2) is 4.98 Å². The van der Waals surface area contributed by atoms with Gasteiger partial charge in [0, 0.05) is 37.7 Å². The number of morpholine rings is 1. The molecule has 0 spiro atoms. The Morgan fingerprint density at radius 1 is 0.968 bits per heavy atom. The topological polar surface area (TPSA) is 75.9 Å². The molecule has 166 valence electrons. The highest BCUT2D eigenvalue weighted by Gasteiger charge is 2.30. The van der Waals surface area contributed by atoms with E-state index in [4.69, 9.17) is 9.15 Å². The number of likely N-dealkylation sites (tertiary alicyclic amines) is 1. The van der Waals surface area contributed by atoms with E-state index in [-0.39, 0.29) is 17.7 Å². The van der Waals surface area contributed by atoms with Gasteiger partial charge in [0.05, 0.1) is 13.2 Å². The molecule has 0 aliphatic carbocycles. The zero-order valence-electron chi connectivity index (χ0n) is 18.6. The van der Waals surface area contributed by atoms with Crippen molar-refractivity contribution < 1.29 is 18.7 Å². The minimum absolute atomic E-state index is 0.0699. The van der Waals surface area contributed by atoms with Gasteiger partial charge in [-0.3, -0.25) is 9.59 Å². The SMILES string of the molecule is Cc1oc(C2CCN(C(=O)c3ccc(C(C)C)cc3)CC2)nc1C(=O)N1CCOCC1. The smallest absolute Gasteiger partial charge is 0.276 e. The highest BCUT2D eigenvalue weighted by atomic mass is 16.5. The summed E-state index contributed by atoms with van der Waals surface area (Å²) in [4.78, 5) is 33.9. The molecule has 3 heterocycles. The molecule has 2 aromatic rings. The van der Waals surface area contributed by atoms with Gasteiger partial charge in [-0.2, -0.15) is 0 Å². The Morgan fingerprint density at radius 3 is 2.19 bits per heavy atom. The Balaban J connectivity index is 1.37. The third-order valence-electron chi connectivity index (χ3n) is 6.27. The van der Waals surface area contributed by atoms with Crippen molar-refractivity contribution in [3.63, 3.8) is 0 Å². The fourth-order valence-electron chi connectivity index (χ4n) is 4.23. The first-order valence-corrected chi connectivity index (χ1v) is 11.2. The van der Waals surface area contributed by atoms with Crippen LogP contribution in [0.5, 0.6) is 0 Å². The van der Waals surface area contributed by atoms with Crippen LogP contribution in [-0.2, 0) is 4.74 Å². The number of aromatic nitrogens is 1. The Kier molecular flexibility index (Phi) is 6.41. The highest BCUT2D eigenvalue weighted by molar-refractivity contribution is 5.94. The molecule has 4 rings (SSSR count). The lowest BCUT2D eigenvalue weighted by atomic mass is 9.96. The van der Waals surface area contributed by atoms with Crippen molar-refractivity contribution in [2.75, 3.05) is 39.4 Å². The number of hydrogen-bond acceptors (Lipinski definition) is 5. The van der Waals surface area contributed by atoms with Gasteiger partial charge in [0.25, 0.3) is 11.8 Å². The summed E-state index contributed by atoms with van der Waals surface area (Å²) in [6.07, 6.45) is 1.56. The number of carbonyl (C=O) groups excluding carboxylic acids is 2. The van der Waals surface area contributed by atoms with Crippen LogP contribution in [0.15, 0.2) is 28.7 Å². The lowest BCUT2D eigenvalue weighted by Gasteiger charge is -2.30. The molecule has 0 bridgehead atoms. The molecule has 7 nitrogen and oxygen atoms in total. The third-order valence-corrected chi connectivity index (χ3v) is 6.27. The standard InChI is InChI=1S/C24H31N3O4/c1-16(2)18-4-6-20(7-5-18)23(28)26-10-8-19(9-11-26)22-25-21(17(3)31-22)24(29)27-12-14-30-15-13-27/h4-7,16,19H,8-15H2,1-3H3. The van der Waals surface area contributed by atoms with E-state index in [0.29, 0.717) is 62.7 Å². The number of carbonyl (C=O) groups is 2. The Hall–Kier alpha value is -2.67. The average Bonchev–Trinajstić information content (AvgIpc) is 3.20. The predicted molar refractivity (Wildman–Crippen MR) is 116 cm³/mol. The number of oxazole rings is 1. The molecular formula is C24H31N3O4. The number of rotatable bonds is 4. The second-order valence-electron chi connectivity index (χ2n) is 8.70. The van der Waals surface area contributed by atoms with Crippen LogP contribution >= 0.6 is 0 Å². The molecule has 2 aliphatic heterocycles. The summed E-state index contributed by atoms with van der Waals surface area (Å²) in [5, 5.41) is 0. The first-order valence-electron chi connectivity index (χ1n) is 11.2. The molecule has 2 aliphatic rings. The largest absolute Gasteiger partial charge is 0.445 e. The van der Waals surface area contributed by atoms with E-state index in [1.165, 1.54) is 5.56 Å². The zero-order chi connectivity index (χ0) is 22.0. The maximum atomic E-state index is 12.9. The van der Waals surface area contributed by atoms with Crippen LogP contribution in [0.4, 0.5) is 0 Å². The molecule has 2 saturated heterocycles. The van der Waals surface area contributed by atoms with E-state index < -0.39 is 0 Å². The minimum atomic E-state index is -0.0896. The fraction of sp³-hybridized carbons (Fsp3) is 0.542. The quantitative estimate of drug-likeness (QED) is 0.748. The van der Waals surface area contributed by atoms with Gasteiger partial charge in [-0.15, -0.1) is 0 Å². The number of benzene rings is 1. The van der Waals surface area contributed by atoms with Crippen LogP contribution < -0.4 is 0 Å². The van der Waals surface area contributed by atoms with Crippen LogP contribution in [0.3, 0.4) is 0 Å². The van der Waals surface area contributed by atoms with Gasteiger partial charge in [0.1, 0.15) is 5.76 Å². The van der Waals surface area contributed by atoms with Crippen LogP contribution in [0, 0.1) is 6.92 Å². The summed E-state index contributed by atoms with van der Waals surface area (Å²) in [5.41, 5.74) is 2.37. The summed E-state index contributed by atoms with van der Waals surface area (Å²) in [5.74, 6) is 1.73. The van der Waals surface area contributed by atoms with Crippen LogP contribution in [-0.4, -0.2) is 66.0 Å². The highest BCUT2D eigenvalue weighted by Crippen LogP contribution is 2.30. The van der Waals surface area contributed by atoms with Crippen molar-refractivity contribution in [3.8, 4) is 0 Å². The van der Waals surface area contributed by atoms with Gasteiger partial charge in [0.2, 0.25) is 0 Å². The first-order chi connectivity index (χ1) is 14.9. The number of aryl methyl sites for hydroxylation is 1. The van der Waals surface area contributed by atoms with E-state index in [0.717, 1.165) is 18.4 Å². The predicted octanol–water partition coefficient (Wildman–Crippen LogP) is 3.60. The summed E-state index contributed by atoms with van der Waals surface area (Å²) >= 11 is 0. The van der Waals surface area contributed by atoms with Gasteiger partial charge < -0.3 is 19.0 Å². The van der Waals surface area contributed by atoms with E-state index in [9.17, 15) is 9.59 Å². The number of nitrogens with zero attached hydrogens (tertiary/aromatic N) is 3. The Bertz CT molecular complexity index is 921. The van der Waals surface area contributed by atoms with Gasteiger partial charge in [-0.05, 0) is 43.4 Å². The molecular weight excluding hydrogens is 394 g/mol. The van der Waals surface area contributed by atoms with Crippen molar-refractivity contribution in [3.05, 3.63) is 52.7 Å². The second kappa shape index (κ2) is 9.22. The van der Waals surface area contributed by atoms with E-state index in [1.54, 1.807) is 11.8 Å². The maximum Gasteiger partial charge on any atom is 0.276 e. The van der Waals surface area contributed by atoms with Gasteiger partial charge >= 0.3 is 0 Å². The monoisotopic (exact) mass is 425 g/mol. The number of hydrogen-bond donors (Lipinski definition) is 0. The number of amides is 2. The summed E-state index contributed by atoms with van der Waals surface area (Å²) in [6, 6.07) is 7.91. The molecule has 7 heteroatoms. The van der Waals surface area contributed by atoms with E-state index in [1.807, 2.05) is 29.2 Å². The average molecular weight is 426 g/mol. The molecule has 0 radical (unpaired) electrons. The van der Waals surface area contributed by atoms with E-state index >= 15 is 0 Å². The fourth-order valence-corrected chi connectivity index (χ4v) is 4.23. The molecule has 0 unspecified atom stereocenters. The second-order valence-corrected chi connectivity index (χ2v) is 8.70. The number of piperidine rings is 1. The Labute approximate surface area is 183 Å². The van der Waals surface area contributed by atoms with Crippen molar-refractivity contribution in [1.29, 1.82) is 0 Å². The molecule has 1 aromatic heterocycles. The molecule has 0 atom stereocenters. The molecule has 0 saturated carbocycles.